The van der Waals surface area contributed by atoms with E-state index in [0.29, 0.717) is 5.69 Å². The normalized spacial score (nSPS) is 15.0. The van der Waals surface area contributed by atoms with Crippen LogP contribution in [0.5, 0.6) is 0 Å². The zero-order valence-corrected chi connectivity index (χ0v) is 16.6. The van der Waals surface area contributed by atoms with Crippen LogP contribution in [0.2, 0.25) is 0 Å². The van der Waals surface area contributed by atoms with Crippen molar-refractivity contribution in [3.05, 3.63) is 65.7 Å². The van der Waals surface area contributed by atoms with Crippen molar-refractivity contribution in [1.29, 1.82) is 0 Å². The minimum atomic E-state index is -0.0136. The first-order valence-corrected chi connectivity index (χ1v) is 9.58. The first-order valence-electron chi connectivity index (χ1n) is 9.58. The van der Waals surface area contributed by atoms with Gasteiger partial charge in [0.2, 0.25) is 0 Å². The lowest BCUT2D eigenvalue weighted by Crippen LogP contribution is -2.47. The Kier molecular flexibility index (Phi) is 4.96. The molecule has 0 saturated carbocycles. The highest BCUT2D eigenvalue weighted by Crippen LogP contribution is 2.24. The van der Waals surface area contributed by atoms with E-state index in [1.165, 1.54) is 5.56 Å². The van der Waals surface area contributed by atoms with E-state index < -0.39 is 0 Å². The molecule has 3 aromatic rings. The number of carbonyl (C=O) groups excluding carboxylic acids is 1. The van der Waals surface area contributed by atoms with Crippen molar-refractivity contribution < 1.29 is 4.79 Å². The molecule has 28 heavy (non-hydrogen) atoms. The number of piperazine rings is 1. The van der Waals surface area contributed by atoms with Gasteiger partial charge >= 0.3 is 0 Å². The van der Waals surface area contributed by atoms with E-state index in [4.69, 9.17) is 4.98 Å². The van der Waals surface area contributed by atoms with Crippen molar-refractivity contribution in [3.63, 3.8) is 0 Å². The van der Waals surface area contributed by atoms with Crippen molar-refractivity contribution in [3.8, 4) is 17.1 Å². The van der Waals surface area contributed by atoms with Gasteiger partial charge in [0.25, 0.3) is 5.91 Å². The third-order valence-electron chi connectivity index (χ3n) is 5.20. The third-order valence-corrected chi connectivity index (χ3v) is 5.20. The quantitative estimate of drug-likeness (QED) is 0.706. The van der Waals surface area contributed by atoms with Gasteiger partial charge in [-0.1, -0.05) is 17.7 Å². The molecule has 144 valence electrons. The summed E-state index contributed by atoms with van der Waals surface area (Å²) in [6.45, 7) is 7.25. The number of amides is 1. The second kappa shape index (κ2) is 7.56. The number of aryl methyl sites for hydroxylation is 2. The van der Waals surface area contributed by atoms with Crippen LogP contribution >= 0.6 is 0 Å². The molecule has 0 aliphatic carbocycles. The molecule has 6 heteroatoms. The highest BCUT2D eigenvalue weighted by Gasteiger charge is 2.24. The summed E-state index contributed by atoms with van der Waals surface area (Å²) in [5.74, 6) is 0.717. The van der Waals surface area contributed by atoms with Crippen molar-refractivity contribution >= 4 is 5.91 Å². The fraction of sp³-hybridized carbons (Fsp3) is 0.318. The molecule has 0 N–H and O–H groups in total. The zero-order valence-electron chi connectivity index (χ0n) is 16.6. The maximum absolute atomic E-state index is 13.1. The Balaban J connectivity index is 1.74. The van der Waals surface area contributed by atoms with E-state index in [9.17, 15) is 4.79 Å². The summed E-state index contributed by atoms with van der Waals surface area (Å²) in [5.41, 5.74) is 4.48. The Morgan fingerprint density at radius 2 is 1.68 bits per heavy atom. The number of benzene rings is 1. The Morgan fingerprint density at radius 1 is 0.964 bits per heavy atom. The number of aromatic nitrogens is 3. The van der Waals surface area contributed by atoms with Crippen molar-refractivity contribution in [2.75, 3.05) is 33.2 Å². The number of nitrogens with zero attached hydrogens (tertiary/aromatic N) is 5. The molecular formula is C22H25N5O. The van der Waals surface area contributed by atoms with Gasteiger partial charge in [0.05, 0.1) is 0 Å². The van der Waals surface area contributed by atoms with Crippen molar-refractivity contribution in [1.82, 2.24) is 24.3 Å². The fourth-order valence-corrected chi connectivity index (χ4v) is 3.36. The highest BCUT2D eigenvalue weighted by atomic mass is 16.2. The number of hydrogen-bond acceptors (Lipinski definition) is 4. The summed E-state index contributed by atoms with van der Waals surface area (Å²) < 4.78 is 1.98. The summed E-state index contributed by atoms with van der Waals surface area (Å²) in [6, 6.07) is 12.2. The number of carbonyl (C=O) groups is 1. The molecule has 0 atom stereocenters. The molecule has 1 aromatic carbocycles. The summed E-state index contributed by atoms with van der Waals surface area (Å²) in [7, 11) is 2.08. The lowest BCUT2D eigenvalue weighted by Gasteiger charge is -2.31. The van der Waals surface area contributed by atoms with Crippen LogP contribution in [0, 0.1) is 13.8 Å². The van der Waals surface area contributed by atoms with Crippen LogP contribution in [0.4, 0.5) is 0 Å². The fourth-order valence-electron chi connectivity index (χ4n) is 3.36. The van der Waals surface area contributed by atoms with Crippen LogP contribution in [0.3, 0.4) is 0 Å². The first kappa shape index (κ1) is 18.4. The molecule has 6 nitrogen and oxygen atoms in total. The van der Waals surface area contributed by atoms with Crippen LogP contribution in [-0.4, -0.2) is 63.5 Å². The lowest BCUT2D eigenvalue weighted by molar-refractivity contribution is 0.0659. The number of rotatable bonds is 3. The van der Waals surface area contributed by atoms with Gasteiger partial charge in [0.1, 0.15) is 11.5 Å². The largest absolute Gasteiger partial charge is 0.335 e. The number of hydrogen-bond donors (Lipinski definition) is 0. The lowest BCUT2D eigenvalue weighted by atomic mass is 10.2. The van der Waals surface area contributed by atoms with E-state index in [1.807, 2.05) is 53.0 Å². The molecule has 1 aliphatic heterocycles. The second-order valence-corrected chi connectivity index (χ2v) is 7.44. The Labute approximate surface area is 165 Å². The smallest absolute Gasteiger partial charge is 0.274 e. The van der Waals surface area contributed by atoms with Gasteiger partial charge in [-0.2, -0.15) is 0 Å². The van der Waals surface area contributed by atoms with E-state index >= 15 is 0 Å². The predicted octanol–water partition coefficient (Wildman–Crippen LogP) is 2.94. The molecule has 0 unspecified atom stereocenters. The van der Waals surface area contributed by atoms with Gasteiger partial charge in [0, 0.05) is 55.5 Å². The van der Waals surface area contributed by atoms with Gasteiger partial charge in [0.15, 0.2) is 0 Å². The minimum absolute atomic E-state index is 0.0136. The van der Waals surface area contributed by atoms with Crippen LogP contribution in [0.1, 0.15) is 21.7 Å². The Hall–Kier alpha value is -2.99. The zero-order chi connectivity index (χ0) is 19.7. The summed E-state index contributed by atoms with van der Waals surface area (Å²) in [4.78, 5) is 26.3. The van der Waals surface area contributed by atoms with Crippen LogP contribution in [-0.2, 0) is 0 Å². The minimum Gasteiger partial charge on any atom is -0.335 e. The SMILES string of the molecule is Cc1ccc(-n2cc(C(=O)N3CCN(C)CC3)nc2-c2ccc(C)nc2)cc1. The van der Waals surface area contributed by atoms with Crippen LogP contribution in [0.15, 0.2) is 48.8 Å². The van der Waals surface area contributed by atoms with E-state index in [-0.39, 0.29) is 5.91 Å². The van der Waals surface area contributed by atoms with E-state index in [0.717, 1.165) is 48.9 Å². The molecule has 1 amide bonds. The first-order chi connectivity index (χ1) is 13.5. The monoisotopic (exact) mass is 375 g/mol. The molecule has 3 heterocycles. The summed E-state index contributed by atoms with van der Waals surface area (Å²) >= 11 is 0. The van der Waals surface area contributed by atoms with E-state index in [2.05, 4.69) is 36.0 Å². The number of likely N-dealkylation sites (N-methyl/N-ethyl adjacent to an activating group) is 1. The molecule has 1 saturated heterocycles. The number of pyridine rings is 1. The average molecular weight is 375 g/mol. The topological polar surface area (TPSA) is 54.3 Å². The standard InChI is InChI=1S/C22H25N5O/c1-16-4-8-19(9-5-16)27-15-20(22(28)26-12-10-25(3)11-13-26)24-21(27)18-7-6-17(2)23-14-18/h4-9,14-15H,10-13H2,1-3H3. The number of imidazole rings is 1. The summed E-state index contributed by atoms with van der Waals surface area (Å²) in [6.07, 6.45) is 3.66. The highest BCUT2D eigenvalue weighted by molar-refractivity contribution is 5.93. The van der Waals surface area contributed by atoms with Crippen molar-refractivity contribution in [2.24, 2.45) is 0 Å². The van der Waals surface area contributed by atoms with E-state index in [1.54, 1.807) is 0 Å². The van der Waals surface area contributed by atoms with Gasteiger partial charge in [-0.05, 0) is 45.2 Å². The molecule has 0 radical (unpaired) electrons. The predicted molar refractivity (Wildman–Crippen MR) is 110 cm³/mol. The Bertz CT molecular complexity index is 904. The molecule has 4 rings (SSSR count). The Morgan fingerprint density at radius 3 is 2.32 bits per heavy atom. The molecular weight excluding hydrogens is 350 g/mol. The molecule has 0 bridgehead atoms. The summed E-state index contributed by atoms with van der Waals surface area (Å²) in [5, 5.41) is 0. The molecule has 1 aliphatic rings. The molecule has 0 spiro atoms. The third kappa shape index (κ3) is 3.68. The average Bonchev–Trinajstić information content (AvgIpc) is 3.14. The van der Waals surface area contributed by atoms with Crippen LogP contribution in [0.25, 0.3) is 17.1 Å². The molecule has 2 aromatic heterocycles. The second-order valence-electron chi connectivity index (χ2n) is 7.44. The molecule has 1 fully saturated rings. The van der Waals surface area contributed by atoms with Gasteiger partial charge in [-0.3, -0.25) is 14.3 Å². The van der Waals surface area contributed by atoms with Gasteiger partial charge in [-0.25, -0.2) is 4.98 Å². The maximum Gasteiger partial charge on any atom is 0.274 e. The van der Waals surface area contributed by atoms with Crippen LogP contribution < -0.4 is 0 Å². The maximum atomic E-state index is 13.1. The van der Waals surface area contributed by atoms with Gasteiger partial charge < -0.3 is 9.80 Å². The van der Waals surface area contributed by atoms with Gasteiger partial charge in [-0.15, -0.1) is 0 Å². The van der Waals surface area contributed by atoms with Crippen molar-refractivity contribution in [2.45, 2.75) is 13.8 Å².